The van der Waals surface area contributed by atoms with Gasteiger partial charge in [0, 0.05) is 19.3 Å². The molecule has 1 fully saturated rings. The van der Waals surface area contributed by atoms with Gasteiger partial charge in [0.2, 0.25) is 0 Å². The molecule has 0 aliphatic carbocycles. The van der Waals surface area contributed by atoms with Crippen LogP contribution in [0.4, 0.5) is 0 Å². The highest BCUT2D eigenvalue weighted by atomic mass is 16.7. The highest BCUT2D eigenvalue weighted by molar-refractivity contribution is 5.74. The summed E-state index contributed by atoms with van der Waals surface area (Å²) < 4.78 is 28.5. The molecule has 1 aliphatic heterocycles. The van der Waals surface area contributed by atoms with Gasteiger partial charge in [0.15, 0.2) is 24.6 Å². The van der Waals surface area contributed by atoms with Gasteiger partial charge in [-0.1, -0.05) is 215 Å². The smallest absolute Gasteiger partial charge is 0.335 e. The average Bonchev–Trinajstić information content (AvgIpc) is 3.46. The first-order chi connectivity index (χ1) is 38.6. The molecule has 6 unspecified atom stereocenters. The Morgan fingerprint density at radius 3 is 1.25 bits per heavy atom. The van der Waals surface area contributed by atoms with Crippen molar-refractivity contribution in [2.45, 2.75) is 302 Å². The largest absolute Gasteiger partial charge is 0.479 e. The minimum Gasteiger partial charge on any atom is -0.479 e. The minimum atomic E-state index is -1.91. The van der Waals surface area contributed by atoms with Crippen LogP contribution >= 0.6 is 0 Å². The molecule has 12 nitrogen and oxygen atoms in total. The van der Waals surface area contributed by atoms with Crippen molar-refractivity contribution < 1.29 is 58.2 Å². The van der Waals surface area contributed by atoms with Crippen LogP contribution < -0.4 is 0 Å². The molecular weight excluding hydrogens is 997 g/mol. The zero-order valence-electron chi connectivity index (χ0n) is 49.8. The Labute approximate surface area is 480 Å². The first kappa shape index (κ1) is 72.9. The van der Waals surface area contributed by atoms with Crippen LogP contribution in [0.3, 0.4) is 0 Å². The predicted octanol–water partition coefficient (Wildman–Crippen LogP) is 16.7. The van der Waals surface area contributed by atoms with Crippen LogP contribution in [-0.4, -0.2) is 89.2 Å². The average molecular weight is 1110 g/mol. The summed E-state index contributed by atoms with van der Waals surface area (Å²) >= 11 is 0. The van der Waals surface area contributed by atoms with E-state index in [1.807, 2.05) is 0 Å². The Bertz CT molecular complexity index is 1700. The fourth-order valence-electron chi connectivity index (χ4n) is 9.09. The van der Waals surface area contributed by atoms with E-state index in [0.29, 0.717) is 19.3 Å². The molecule has 0 saturated carbocycles. The molecule has 0 amide bonds. The highest BCUT2D eigenvalue weighted by Gasteiger charge is 2.50. The summed E-state index contributed by atoms with van der Waals surface area (Å²) in [6.45, 7) is 5.83. The van der Waals surface area contributed by atoms with E-state index in [2.05, 4.69) is 106 Å². The van der Waals surface area contributed by atoms with Gasteiger partial charge < -0.3 is 39.0 Å². The van der Waals surface area contributed by atoms with Gasteiger partial charge in [0.25, 0.3) is 0 Å². The van der Waals surface area contributed by atoms with Crippen molar-refractivity contribution in [2.24, 2.45) is 0 Å². The van der Waals surface area contributed by atoms with Gasteiger partial charge in [-0.3, -0.25) is 14.4 Å². The fourth-order valence-corrected chi connectivity index (χ4v) is 9.09. The lowest BCUT2D eigenvalue weighted by molar-refractivity contribution is -0.301. The van der Waals surface area contributed by atoms with Crippen LogP contribution in [0.15, 0.2) is 85.1 Å². The van der Waals surface area contributed by atoms with Crippen molar-refractivity contribution in [3.63, 3.8) is 0 Å². The van der Waals surface area contributed by atoms with E-state index in [-0.39, 0.29) is 25.9 Å². The number of carbonyl (C=O) groups is 4. The molecule has 0 aromatic rings. The molecule has 1 aliphatic rings. The molecule has 452 valence electrons. The Balaban J connectivity index is 2.69. The third-order valence-corrected chi connectivity index (χ3v) is 13.9. The Hall–Kier alpha value is -4.10. The molecule has 1 saturated heterocycles. The van der Waals surface area contributed by atoms with Crippen molar-refractivity contribution in [1.29, 1.82) is 0 Å². The maximum Gasteiger partial charge on any atom is 0.335 e. The number of carboxylic acids is 1. The first-order valence-corrected chi connectivity index (χ1v) is 31.6. The van der Waals surface area contributed by atoms with E-state index in [0.717, 1.165) is 148 Å². The standard InChI is InChI=1S/C67H112O12/c1-4-7-10-13-16-19-22-25-28-29-30-31-34-35-38-41-44-47-50-53-59(68)75-56-58(77-60(69)54-51-48-45-42-39-36-32-26-23-20-17-14-11-8-5-2)57-76-67-65(63(72)62(71)64(79-67)66(73)74)78-61(70)55-52-49-46-43-40-37-33-27-24-21-18-15-12-9-6-3/h7,10,16-17,19-20,25-28,30-33,58,62-65,67,71-72H,4-6,8-9,11-15,18,21-24,29,34-57H2,1-3H3,(H,73,74)/b10-7-,19-16-,20-17-,28-25-,31-30-,32-26-,33-27-. The summed E-state index contributed by atoms with van der Waals surface area (Å²) in [5, 5.41) is 31.5. The molecule has 3 N–H and O–H groups in total. The zero-order chi connectivity index (χ0) is 57.5. The Morgan fingerprint density at radius 1 is 0.430 bits per heavy atom. The van der Waals surface area contributed by atoms with Crippen LogP contribution in [0.1, 0.15) is 265 Å². The SMILES string of the molecule is CC/C=C\C/C=C\C/C=C\C/C=C\CCCCCCCCC(=O)OCC(COC1OC(C(=O)O)C(O)C(O)C1OC(=O)CCCCCCC/C=C\CCCCCCCC)OC(=O)CCCCCCC/C=C\C/C=C\CCCCC. The summed E-state index contributed by atoms with van der Waals surface area (Å²) in [5.41, 5.74) is 0. The molecule has 12 heteroatoms. The number of allylic oxidation sites excluding steroid dienone is 14. The number of carbonyl (C=O) groups excluding carboxylic acids is 3. The van der Waals surface area contributed by atoms with Crippen LogP contribution in [0.25, 0.3) is 0 Å². The number of carboxylic acid groups (broad SMARTS) is 1. The lowest BCUT2D eigenvalue weighted by atomic mass is 9.98. The van der Waals surface area contributed by atoms with Crippen molar-refractivity contribution >= 4 is 23.9 Å². The third-order valence-electron chi connectivity index (χ3n) is 13.9. The van der Waals surface area contributed by atoms with E-state index in [1.165, 1.54) is 57.8 Å². The molecule has 1 rings (SSSR count). The highest BCUT2D eigenvalue weighted by Crippen LogP contribution is 2.26. The van der Waals surface area contributed by atoms with Crippen molar-refractivity contribution in [3.05, 3.63) is 85.1 Å². The van der Waals surface area contributed by atoms with Crippen LogP contribution in [-0.2, 0) is 42.9 Å². The lowest BCUT2D eigenvalue weighted by Gasteiger charge is -2.40. The molecular formula is C67H112O12. The zero-order valence-corrected chi connectivity index (χ0v) is 49.8. The first-order valence-electron chi connectivity index (χ1n) is 31.6. The maximum atomic E-state index is 13.2. The van der Waals surface area contributed by atoms with E-state index >= 15 is 0 Å². The van der Waals surface area contributed by atoms with Crippen molar-refractivity contribution in [2.75, 3.05) is 13.2 Å². The van der Waals surface area contributed by atoms with Gasteiger partial charge in [-0.15, -0.1) is 0 Å². The summed E-state index contributed by atoms with van der Waals surface area (Å²) in [5.74, 6) is -3.16. The molecule has 6 atom stereocenters. The summed E-state index contributed by atoms with van der Waals surface area (Å²) in [6.07, 6.45) is 58.2. The molecule has 0 radical (unpaired) electrons. The number of hydrogen-bond donors (Lipinski definition) is 3. The minimum absolute atomic E-state index is 0.0452. The maximum absolute atomic E-state index is 13.2. The number of unbranched alkanes of at least 4 members (excludes halogenated alkanes) is 25. The number of hydrogen-bond acceptors (Lipinski definition) is 11. The molecule has 0 spiro atoms. The van der Waals surface area contributed by atoms with Gasteiger partial charge in [0.1, 0.15) is 18.8 Å². The molecule has 0 aromatic carbocycles. The molecule has 0 bridgehead atoms. The fraction of sp³-hybridized carbons (Fsp3) is 0.731. The number of aliphatic hydroxyl groups excluding tert-OH is 2. The van der Waals surface area contributed by atoms with E-state index < -0.39 is 67.3 Å². The van der Waals surface area contributed by atoms with Gasteiger partial charge in [-0.2, -0.15) is 0 Å². The van der Waals surface area contributed by atoms with Crippen molar-refractivity contribution in [3.8, 4) is 0 Å². The number of rotatable bonds is 53. The lowest BCUT2D eigenvalue weighted by Crippen LogP contribution is -2.61. The molecule has 0 aromatic heterocycles. The van der Waals surface area contributed by atoms with Crippen LogP contribution in [0.2, 0.25) is 0 Å². The van der Waals surface area contributed by atoms with Crippen molar-refractivity contribution in [1.82, 2.24) is 0 Å². The summed E-state index contributed by atoms with van der Waals surface area (Å²) in [7, 11) is 0. The predicted molar refractivity (Wildman–Crippen MR) is 321 cm³/mol. The van der Waals surface area contributed by atoms with E-state index in [4.69, 9.17) is 23.7 Å². The van der Waals surface area contributed by atoms with Crippen LogP contribution in [0, 0.1) is 0 Å². The topological polar surface area (TPSA) is 175 Å². The second kappa shape index (κ2) is 54.5. The van der Waals surface area contributed by atoms with Gasteiger partial charge in [-0.05, 0) is 116 Å². The van der Waals surface area contributed by atoms with E-state index in [9.17, 15) is 34.5 Å². The monoisotopic (exact) mass is 1110 g/mol. The second-order valence-electron chi connectivity index (χ2n) is 21.3. The molecule has 1 heterocycles. The normalized spacial score (nSPS) is 18.4. The number of esters is 3. The Morgan fingerprint density at radius 2 is 0.797 bits per heavy atom. The van der Waals surface area contributed by atoms with Gasteiger partial charge >= 0.3 is 23.9 Å². The Kier molecular flexibility index (Phi) is 50.3. The third kappa shape index (κ3) is 44.3. The van der Waals surface area contributed by atoms with Gasteiger partial charge in [-0.25, -0.2) is 4.79 Å². The summed E-state index contributed by atoms with van der Waals surface area (Å²) in [4.78, 5) is 51.3. The quantitative estimate of drug-likeness (QED) is 0.0228. The van der Waals surface area contributed by atoms with Gasteiger partial charge in [0.05, 0.1) is 6.61 Å². The number of aliphatic hydroxyl groups is 2. The second-order valence-corrected chi connectivity index (χ2v) is 21.3. The number of aliphatic carboxylic acids is 1. The number of ether oxygens (including phenoxy) is 5. The van der Waals surface area contributed by atoms with E-state index in [1.54, 1.807) is 0 Å². The molecule has 79 heavy (non-hydrogen) atoms. The van der Waals surface area contributed by atoms with Crippen LogP contribution in [0.5, 0.6) is 0 Å². The summed E-state index contributed by atoms with van der Waals surface area (Å²) in [6, 6.07) is 0.